The molecule has 0 aliphatic rings. The molecule has 0 amide bonds. The molecule has 0 saturated heterocycles. The van der Waals surface area contributed by atoms with Crippen LogP contribution in [0.2, 0.25) is 0 Å². The van der Waals surface area contributed by atoms with Crippen molar-refractivity contribution in [2.75, 3.05) is 5.32 Å². The highest BCUT2D eigenvalue weighted by Crippen LogP contribution is 2.27. The maximum Gasteiger partial charge on any atom is 0.323 e. The van der Waals surface area contributed by atoms with Crippen LogP contribution in [-0.4, -0.2) is 9.97 Å². The highest BCUT2D eigenvalue weighted by Gasteiger charge is 2.06. The van der Waals surface area contributed by atoms with E-state index in [0.717, 1.165) is 26.8 Å². The van der Waals surface area contributed by atoms with E-state index in [4.69, 9.17) is 0 Å². The second kappa shape index (κ2) is 5.65. The summed E-state index contributed by atoms with van der Waals surface area (Å²) in [4.78, 5) is 16.7. The fourth-order valence-electron chi connectivity index (χ4n) is 2.04. The molecule has 0 radical (unpaired) electrons. The predicted octanol–water partition coefficient (Wildman–Crippen LogP) is 4.13. The first-order valence-electron chi connectivity index (χ1n) is 6.12. The standard InChI is InChI=1S/C14H10Br2FN3O/c15-8-3-7(1-2-10(8)17)6-18-11-5-13-12(4-9(11)16)19-14(21)20-13/h1-5,18H,6H2,(H2,19,20,21). The molecule has 3 aromatic rings. The van der Waals surface area contributed by atoms with E-state index in [9.17, 15) is 9.18 Å². The fraction of sp³-hybridized carbons (Fsp3) is 0.0714. The summed E-state index contributed by atoms with van der Waals surface area (Å²) in [6.07, 6.45) is 0. The molecule has 0 atom stereocenters. The Morgan fingerprint density at radius 3 is 2.48 bits per heavy atom. The number of H-pyrrole nitrogens is 2. The Kier molecular flexibility index (Phi) is 3.86. The Morgan fingerprint density at radius 1 is 1.05 bits per heavy atom. The molecular weight excluding hydrogens is 405 g/mol. The number of hydrogen-bond donors (Lipinski definition) is 3. The minimum atomic E-state index is -0.286. The second-order valence-corrected chi connectivity index (χ2v) is 6.27. The van der Waals surface area contributed by atoms with E-state index in [1.54, 1.807) is 12.1 Å². The van der Waals surface area contributed by atoms with Gasteiger partial charge in [0.2, 0.25) is 0 Å². The second-order valence-electron chi connectivity index (χ2n) is 4.56. The summed E-state index contributed by atoms with van der Waals surface area (Å²) in [5, 5.41) is 3.25. The highest BCUT2D eigenvalue weighted by molar-refractivity contribution is 9.10. The van der Waals surface area contributed by atoms with E-state index in [-0.39, 0.29) is 11.5 Å². The van der Waals surface area contributed by atoms with E-state index in [2.05, 4.69) is 47.1 Å². The number of hydrogen-bond acceptors (Lipinski definition) is 2. The van der Waals surface area contributed by atoms with Gasteiger partial charge < -0.3 is 15.3 Å². The zero-order chi connectivity index (χ0) is 15.0. The summed E-state index contributed by atoms with van der Waals surface area (Å²) in [7, 11) is 0. The Bertz CT molecular complexity index is 872. The van der Waals surface area contributed by atoms with Crippen LogP contribution in [0.1, 0.15) is 5.56 Å². The number of nitrogens with one attached hydrogen (secondary N) is 3. The Balaban J connectivity index is 1.85. The monoisotopic (exact) mass is 413 g/mol. The van der Waals surface area contributed by atoms with Crippen LogP contribution in [0.4, 0.5) is 10.1 Å². The number of benzene rings is 2. The van der Waals surface area contributed by atoms with Gasteiger partial charge in [-0.2, -0.15) is 0 Å². The molecule has 7 heteroatoms. The van der Waals surface area contributed by atoms with Gasteiger partial charge in [0, 0.05) is 11.0 Å². The molecule has 3 N–H and O–H groups in total. The van der Waals surface area contributed by atoms with Crippen molar-refractivity contribution >= 4 is 48.6 Å². The van der Waals surface area contributed by atoms with Gasteiger partial charge in [-0.15, -0.1) is 0 Å². The molecular formula is C14H10Br2FN3O. The predicted molar refractivity (Wildman–Crippen MR) is 88.0 cm³/mol. The Morgan fingerprint density at radius 2 is 1.76 bits per heavy atom. The normalized spacial score (nSPS) is 11.0. The molecule has 0 spiro atoms. The third kappa shape index (κ3) is 3.03. The molecule has 0 bridgehead atoms. The molecule has 4 nitrogen and oxygen atoms in total. The van der Waals surface area contributed by atoms with E-state index in [1.807, 2.05) is 12.1 Å². The summed E-state index contributed by atoms with van der Waals surface area (Å²) in [6.45, 7) is 0.539. The van der Waals surface area contributed by atoms with Crippen LogP contribution in [0.5, 0.6) is 0 Å². The summed E-state index contributed by atoms with van der Waals surface area (Å²) < 4.78 is 14.5. The van der Waals surface area contributed by atoms with Crippen molar-refractivity contribution < 1.29 is 4.39 Å². The van der Waals surface area contributed by atoms with Crippen LogP contribution in [0, 0.1) is 5.82 Å². The van der Waals surface area contributed by atoms with Gasteiger partial charge in [-0.05, 0) is 61.7 Å². The Labute approximate surface area is 136 Å². The van der Waals surface area contributed by atoms with E-state index in [0.29, 0.717) is 11.0 Å². The number of rotatable bonds is 3. The van der Waals surface area contributed by atoms with Gasteiger partial charge in [-0.3, -0.25) is 0 Å². The number of imidazole rings is 1. The summed E-state index contributed by atoms with van der Waals surface area (Å²) in [5.74, 6) is -0.286. The van der Waals surface area contributed by atoms with Gasteiger partial charge in [0.25, 0.3) is 0 Å². The van der Waals surface area contributed by atoms with Crippen molar-refractivity contribution in [3.63, 3.8) is 0 Å². The van der Waals surface area contributed by atoms with Crippen molar-refractivity contribution in [1.82, 2.24) is 9.97 Å². The lowest BCUT2D eigenvalue weighted by atomic mass is 10.2. The van der Waals surface area contributed by atoms with Gasteiger partial charge in [0.05, 0.1) is 21.2 Å². The van der Waals surface area contributed by atoms with E-state index >= 15 is 0 Å². The van der Waals surface area contributed by atoms with Gasteiger partial charge in [0.1, 0.15) is 5.82 Å². The smallest absolute Gasteiger partial charge is 0.323 e. The first-order valence-corrected chi connectivity index (χ1v) is 7.71. The number of aromatic amines is 2. The molecule has 108 valence electrons. The average molecular weight is 415 g/mol. The van der Waals surface area contributed by atoms with Crippen LogP contribution in [0.3, 0.4) is 0 Å². The zero-order valence-corrected chi connectivity index (χ0v) is 13.8. The van der Waals surface area contributed by atoms with Crippen LogP contribution < -0.4 is 11.0 Å². The van der Waals surface area contributed by atoms with Crippen molar-refractivity contribution in [2.45, 2.75) is 6.54 Å². The maximum atomic E-state index is 13.2. The summed E-state index contributed by atoms with van der Waals surface area (Å²) in [5.41, 5.74) is 3.01. The lowest BCUT2D eigenvalue weighted by molar-refractivity contribution is 0.620. The van der Waals surface area contributed by atoms with Gasteiger partial charge in [0.15, 0.2) is 0 Å². The molecule has 1 aromatic heterocycles. The van der Waals surface area contributed by atoms with Crippen LogP contribution in [-0.2, 0) is 6.54 Å². The largest absolute Gasteiger partial charge is 0.380 e. The van der Waals surface area contributed by atoms with E-state index < -0.39 is 0 Å². The molecule has 0 unspecified atom stereocenters. The highest BCUT2D eigenvalue weighted by atomic mass is 79.9. The Hall–Kier alpha value is -1.60. The average Bonchev–Trinajstić information content (AvgIpc) is 2.79. The lowest BCUT2D eigenvalue weighted by Crippen LogP contribution is -2.00. The molecule has 2 aromatic carbocycles. The third-order valence-corrected chi connectivity index (χ3v) is 4.33. The molecule has 0 saturated carbocycles. The molecule has 0 aliphatic carbocycles. The number of anilines is 1. The van der Waals surface area contributed by atoms with Crippen LogP contribution in [0.15, 0.2) is 44.1 Å². The lowest BCUT2D eigenvalue weighted by Gasteiger charge is -2.09. The van der Waals surface area contributed by atoms with Crippen molar-refractivity contribution in [1.29, 1.82) is 0 Å². The first-order chi connectivity index (χ1) is 10.0. The van der Waals surface area contributed by atoms with Crippen molar-refractivity contribution in [3.05, 3.63) is 61.1 Å². The minimum Gasteiger partial charge on any atom is -0.380 e. The van der Waals surface area contributed by atoms with Gasteiger partial charge in [-0.1, -0.05) is 6.07 Å². The van der Waals surface area contributed by atoms with Gasteiger partial charge >= 0.3 is 5.69 Å². The van der Waals surface area contributed by atoms with Crippen molar-refractivity contribution in [3.8, 4) is 0 Å². The summed E-state index contributed by atoms with van der Waals surface area (Å²) >= 11 is 6.62. The summed E-state index contributed by atoms with van der Waals surface area (Å²) in [6, 6.07) is 8.54. The topological polar surface area (TPSA) is 60.7 Å². The molecule has 21 heavy (non-hydrogen) atoms. The maximum absolute atomic E-state index is 13.2. The number of halogens is 3. The first kappa shape index (κ1) is 14.3. The van der Waals surface area contributed by atoms with E-state index in [1.165, 1.54) is 6.07 Å². The number of fused-ring (bicyclic) bond motifs is 1. The quantitative estimate of drug-likeness (QED) is 0.603. The third-order valence-electron chi connectivity index (χ3n) is 3.07. The SMILES string of the molecule is O=c1[nH]c2cc(Br)c(NCc3ccc(F)c(Br)c3)cc2[nH]1. The zero-order valence-electron chi connectivity index (χ0n) is 10.6. The molecule has 0 fully saturated rings. The number of aromatic nitrogens is 2. The van der Waals surface area contributed by atoms with Gasteiger partial charge in [-0.25, -0.2) is 9.18 Å². The van der Waals surface area contributed by atoms with Crippen LogP contribution in [0.25, 0.3) is 11.0 Å². The van der Waals surface area contributed by atoms with Crippen molar-refractivity contribution in [2.24, 2.45) is 0 Å². The minimum absolute atomic E-state index is 0.239. The molecule has 3 rings (SSSR count). The van der Waals surface area contributed by atoms with Crippen LogP contribution >= 0.6 is 31.9 Å². The molecule has 0 aliphatic heterocycles. The fourth-order valence-corrected chi connectivity index (χ4v) is 2.95. The molecule has 1 heterocycles.